The number of aliphatic hydroxyl groups excluding tert-OH is 2. The van der Waals surface area contributed by atoms with Crippen molar-refractivity contribution in [3.8, 4) is 5.75 Å². The third-order valence-electron chi connectivity index (χ3n) is 3.37. The van der Waals surface area contributed by atoms with Crippen molar-refractivity contribution in [1.29, 1.82) is 0 Å². The van der Waals surface area contributed by atoms with E-state index in [2.05, 4.69) is 0 Å². The highest BCUT2D eigenvalue weighted by atomic mass is 16.5. The molecule has 0 saturated heterocycles. The lowest BCUT2D eigenvalue weighted by Gasteiger charge is -2.21. The van der Waals surface area contributed by atoms with Crippen LogP contribution in [-0.4, -0.2) is 49.2 Å². The van der Waals surface area contributed by atoms with Crippen molar-refractivity contribution in [1.82, 2.24) is 0 Å². The van der Waals surface area contributed by atoms with E-state index in [0.29, 0.717) is 24.3 Å². The molecule has 0 aliphatic rings. The molecule has 0 aliphatic carbocycles. The molecule has 2 N–H and O–H groups in total. The predicted octanol–water partition coefficient (Wildman–Crippen LogP) is 2.17. The van der Waals surface area contributed by atoms with Gasteiger partial charge in [0.15, 0.2) is 0 Å². The minimum atomic E-state index is -0.796. The van der Waals surface area contributed by atoms with Gasteiger partial charge in [-0.05, 0) is 31.0 Å². The molecule has 0 amide bonds. The lowest BCUT2D eigenvalue weighted by atomic mass is 10.0. The van der Waals surface area contributed by atoms with Gasteiger partial charge in [-0.2, -0.15) is 0 Å². The van der Waals surface area contributed by atoms with Crippen LogP contribution >= 0.6 is 0 Å². The quantitative estimate of drug-likeness (QED) is 0.361. The summed E-state index contributed by atoms with van der Waals surface area (Å²) in [5.74, 6) is 0.238. The molecule has 2 atom stereocenters. The van der Waals surface area contributed by atoms with Gasteiger partial charge in [-0.1, -0.05) is 30.4 Å². The van der Waals surface area contributed by atoms with Gasteiger partial charge in [0.1, 0.15) is 18.5 Å². The topological polar surface area (TPSA) is 85.2 Å². The van der Waals surface area contributed by atoms with Crippen molar-refractivity contribution in [3.05, 3.63) is 54.1 Å². The predicted molar refractivity (Wildman–Crippen MR) is 94.3 cm³/mol. The molecular formula is C19H26O6. The fourth-order valence-electron chi connectivity index (χ4n) is 2.11. The highest BCUT2D eigenvalue weighted by Crippen LogP contribution is 2.23. The van der Waals surface area contributed by atoms with Crippen LogP contribution in [0.5, 0.6) is 5.75 Å². The van der Waals surface area contributed by atoms with E-state index in [1.165, 1.54) is 13.2 Å². The van der Waals surface area contributed by atoms with Crippen LogP contribution in [0.2, 0.25) is 0 Å². The van der Waals surface area contributed by atoms with Crippen LogP contribution in [-0.2, 0) is 14.3 Å². The lowest BCUT2D eigenvalue weighted by Crippen LogP contribution is -2.20. The monoisotopic (exact) mass is 350 g/mol. The smallest absolute Gasteiger partial charge is 0.330 e. The Morgan fingerprint density at radius 2 is 1.96 bits per heavy atom. The maximum absolute atomic E-state index is 11.2. The van der Waals surface area contributed by atoms with E-state index in [1.807, 2.05) is 6.08 Å². The maximum Gasteiger partial charge on any atom is 0.330 e. The van der Waals surface area contributed by atoms with Crippen molar-refractivity contribution in [2.24, 2.45) is 0 Å². The first-order valence-corrected chi connectivity index (χ1v) is 8.16. The highest BCUT2D eigenvalue weighted by molar-refractivity contribution is 5.82. The van der Waals surface area contributed by atoms with E-state index in [-0.39, 0.29) is 19.2 Å². The Kier molecular flexibility index (Phi) is 10.2. The molecule has 0 radical (unpaired) electrons. The number of benzene rings is 1. The Hall–Kier alpha value is -2.15. The van der Waals surface area contributed by atoms with Gasteiger partial charge < -0.3 is 24.4 Å². The SMILES string of the molecule is CCOC(=O)/C=C/C=C/C[C@@H](OC)[C@H](O)c1ccc(OCCO)cc1. The van der Waals surface area contributed by atoms with Crippen LogP contribution in [0.3, 0.4) is 0 Å². The molecule has 6 nitrogen and oxygen atoms in total. The first-order chi connectivity index (χ1) is 12.1. The summed E-state index contributed by atoms with van der Waals surface area (Å²) >= 11 is 0. The molecule has 0 unspecified atom stereocenters. The van der Waals surface area contributed by atoms with Gasteiger partial charge in [-0.15, -0.1) is 0 Å². The number of esters is 1. The average Bonchev–Trinajstić information content (AvgIpc) is 2.63. The number of carbonyl (C=O) groups is 1. The fraction of sp³-hybridized carbons (Fsp3) is 0.421. The average molecular weight is 350 g/mol. The summed E-state index contributed by atoms with van der Waals surface area (Å²) in [7, 11) is 1.54. The Bertz CT molecular complexity index is 550. The van der Waals surface area contributed by atoms with Gasteiger partial charge in [0.2, 0.25) is 0 Å². The van der Waals surface area contributed by atoms with Crippen molar-refractivity contribution in [3.63, 3.8) is 0 Å². The molecule has 25 heavy (non-hydrogen) atoms. The van der Waals surface area contributed by atoms with Gasteiger partial charge in [-0.25, -0.2) is 4.79 Å². The van der Waals surface area contributed by atoms with Gasteiger partial charge in [0.05, 0.1) is 19.3 Å². The molecule has 6 heteroatoms. The molecule has 1 aromatic rings. The number of hydrogen-bond acceptors (Lipinski definition) is 6. The Labute approximate surface area is 148 Å². The van der Waals surface area contributed by atoms with Crippen molar-refractivity contribution in [2.45, 2.75) is 25.6 Å². The number of aliphatic hydroxyl groups is 2. The molecule has 1 rings (SSSR count). The second-order valence-electron chi connectivity index (χ2n) is 5.14. The van der Waals surface area contributed by atoms with Crippen LogP contribution in [0.4, 0.5) is 0 Å². The van der Waals surface area contributed by atoms with Crippen LogP contribution in [0, 0.1) is 0 Å². The summed E-state index contributed by atoms with van der Waals surface area (Å²) in [6, 6.07) is 6.99. The van der Waals surface area contributed by atoms with Crippen molar-refractivity contribution >= 4 is 5.97 Å². The van der Waals surface area contributed by atoms with Gasteiger partial charge in [-0.3, -0.25) is 0 Å². The van der Waals surface area contributed by atoms with Gasteiger partial charge in [0.25, 0.3) is 0 Å². The Balaban J connectivity index is 2.56. The minimum Gasteiger partial charge on any atom is -0.491 e. The molecule has 0 saturated carbocycles. The van der Waals surface area contributed by atoms with Gasteiger partial charge in [0, 0.05) is 13.2 Å². The molecule has 1 aromatic carbocycles. The first-order valence-electron chi connectivity index (χ1n) is 8.16. The third kappa shape index (κ3) is 7.98. The summed E-state index contributed by atoms with van der Waals surface area (Å²) < 4.78 is 15.4. The number of ether oxygens (including phenoxy) is 3. The maximum atomic E-state index is 11.2. The molecule has 0 fully saturated rings. The normalized spacial score (nSPS) is 13.9. The number of allylic oxidation sites excluding steroid dienone is 2. The molecule has 138 valence electrons. The van der Waals surface area contributed by atoms with E-state index in [4.69, 9.17) is 19.3 Å². The molecule has 0 aromatic heterocycles. The van der Waals surface area contributed by atoms with E-state index in [9.17, 15) is 9.90 Å². The van der Waals surface area contributed by atoms with E-state index in [1.54, 1.807) is 43.3 Å². The summed E-state index contributed by atoms with van der Waals surface area (Å²) in [4.78, 5) is 11.2. The van der Waals surface area contributed by atoms with Crippen molar-refractivity contribution < 1.29 is 29.2 Å². The molecule has 0 spiro atoms. The van der Waals surface area contributed by atoms with E-state index >= 15 is 0 Å². The zero-order chi connectivity index (χ0) is 18.5. The van der Waals surface area contributed by atoms with Crippen molar-refractivity contribution in [2.75, 3.05) is 26.9 Å². The van der Waals surface area contributed by atoms with Crippen LogP contribution in [0.1, 0.15) is 25.0 Å². The van der Waals surface area contributed by atoms with E-state index in [0.717, 1.165) is 0 Å². The minimum absolute atomic E-state index is 0.0485. The largest absolute Gasteiger partial charge is 0.491 e. The van der Waals surface area contributed by atoms with Crippen LogP contribution < -0.4 is 4.74 Å². The van der Waals surface area contributed by atoms with Crippen LogP contribution in [0.25, 0.3) is 0 Å². The first kappa shape index (κ1) is 20.9. The molecule has 0 bridgehead atoms. The second-order valence-corrected chi connectivity index (χ2v) is 5.14. The zero-order valence-electron chi connectivity index (χ0n) is 14.6. The second kappa shape index (κ2) is 12.2. The summed E-state index contributed by atoms with van der Waals surface area (Å²) in [5.41, 5.74) is 0.707. The van der Waals surface area contributed by atoms with Gasteiger partial charge >= 0.3 is 5.97 Å². The Morgan fingerprint density at radius 3 is 2.56 bits per heavy atom. The lowest BCUT2D eigenvalue weighted by molar-refractivity contribution is -0.137. The summed E-state index contributed by atoms with van der Waals surface area (Å²) in [6.45, 7) is 2.27. The van der Waals surface area contributed by atoms with E-state index < -0.39 is 12.2 Å². The number of hydrogen-bond donors (Lipinski definition) is 2. The molecule has 0 heterocycles. The fourth-order valence-corrected chi connectivity index (χ4v) is 2.11. The number of methoxy groups -OCH3 is 1. The van der Waals surface area contributed by atoms with Crippen LogP contribution in [0.15, 0.2) is 48.6 Å². The standard InChI is InChI=1S/C19H26O6/c1-3-24-18(21)8-6-4-5-7-17(23-2)19(22)15-9-11-16(12-10-15)25-14-13-20/h4-6,8-12,17,19-20,22H,3,7,13-14H2,1-2H3/b5-4+,8-6+/t17-,19-/m1/s1. The number of rotatable bonds is 11. The number of carbonyl (C=O) groups excluding carboxylic acids is 1. The zero-order valence-corrected chi connectivity index (χ0v) is 14.6. The highest BCUT2D eigenvalue weighted by Gasteiger charge is 2.19. The Morgan fingerprint density at radius 1 is 1.24 bits per heavy atom. The third-order valence-corrected chi connectivity index (χ3v) is 3.37. The molecular weight excluding hydrogens is 324 g/mol. The summed E-state index contributed by atoms with van der Waals surface area (Å²) in [5, 5.41) is 19.2. The summed E-state index contributed by atoms with van der Waals surface area (Å²) in [6.07, 6.45) is 5.71. The molecule has 0 aliphatic heterocycles.